The highest BCUT2D eigenvalue weighted by Crippen LogP contribution is 2.37. The highest BCUT2D eigenvalue weighted by Gasteiger charge is 2.31. The molecule has 0 fully saturated rings. The van der Waals surface area contributed by atoms with Crippen molar-refractivity contribution in [2.24, 2.45) is 0 Å². The van der Waals surface area contributed by atoms with E-state index >= 15 is 0 Å². The number of carbonyl (C=O) groups is 3. The Balaban J connectivity index is 0.000000149. The first-order chi connectivity index (χ1) is 49.8. The van der Waals surface area contributed by atoms with Crippen LogP contribution >= 0.6 is 45.2 Å². The molecule has 103 heavy (non-hydrogen) atoms. The van der Waals surface area contributed by atoms with Gasteiger partial charge in [-0.3, -0.25) is 9.59 Å². The monoisotopic (exact) mass is 1620 g/mol. The lowest BCUT2D eigenvalue weighted by atomic mass is 9.80. The fraction of sp³-hybridized carbons (Fsp3) is 0.138. The van der Waals surface area contributed by atoms with E-state index in [1.165, 1.54) is 47.5 Å². The number of ether oxygens (including phenoxy) is 6. The van der Waals surface area contributed by atoms with Gasteiger partial charge in [0.15, 0.2) is 34.5 Å². The van der Waals surface area contributed by atoms with Crippen LogP contribution in [0.4, 0.5) is 22.0 Å². The largest absolute Gasteiger partial charge is 0.488 e. The second kappa shape index (κ2) is 37.0. The summed E-state index contributed by atoms with van der Waals surface area (Å²) >= 11 is 4.21. The number of hydrogen-bond acceptors (Lipinski definition) is 12. The Kier molecular flexibility index (Phi) is 27.1. The molecule has 0 saturated carbocycles. The second-order valence-corrected chi connectivity index (χ2v) is 25.5. The summed E-state index contributed by atoms with van der Waals surface area (Å²) in [4.78, 5) is 41.2. The molecule has 3 aliphatic rings. The van der Waals surface area contributed by atoms with Gasteiger partial charge in [-0.05, 0) is 174 Å². The Labute approximate surface area is 619 Å². The van der Waals surface area contributed by atoms with Crippen LogP contribution in [0.5, 0.6) is 34.5 Å². The summed E-state index contributed by atoms with van der Waals surface area (Å²) in [5.41, 5.74) is 8.37. The molecular formula is C80H67BF5I2N3O12. The maximum Gasteiger partial charge on any atom is 0.488 e. The Hall–Kier alpha value is -10.3. The average molecular weight is 1620 g/mol. The minimum Gasteiger partial charge on any atom is -0.478 e. The maximum absolute atomic E-state index is 13.9. The molecule has 0 aliphatic carbocycles. The number of alkyl halides is 5. The normalized spacial score (nSPS) is 11.8. The van der Waals surface area contributed by atoms with Crippen LogP contribution in [0.3, 0.4) is 0 Å². The van der Waals surface area contributed by atoms with Crippen molar-refractivity contribution in [3.63, 3.8) is 0 Å². The number of nitrogens with zero attached hydrogens (tertiary/aromatic N) is 2. The van der Waals surface area contributed by atoms with Crippen LogP contribution in [0.1, 0.15) is 82.0 Å². The summed E-state index contributed by atoms with van der Waals surface area (Å²) in [5, 5.41) is 29.2. The molecule has 11 aromatic rings. The summed E-state index contributed by atoms with van der Waals surface area (Å²) in [7, 11) is -1.60. The number of benzene rings is 11. The van der Waals surface area contributed by atoms with Crippen molar-refractivity contribution in [1.82, 2.24) is 15.1 Å². The SMILES string of the molecule is O=C(O)c1ccccc1I.O=C(c1ccccc1-c1ccc(C(F)(F)F)cc1)N(Cc1ccccc1)Cc1ccc2c(c1)OCO2.O=C(c1ccccc1I)N(Cc1ccccc1)Cc1ccc2c(c1)OCO2.OB(O)c1ccc(C(F)F)cc1.c1ccc(CNCc2ccc3c(c2)OCO3)cc1. The predicted molar refractivity (Wildman–Crippen MR) is 398 cm³/mol. The third-order valence-electron chi connectivity index (χ3n) is 15.9. The van der Waals surface area contributed by atoms with E-state index in [1.807, 2.05) is 173 Å². The van der Waals surface area contributed by atoms with Crippen LogP contribution in [0.2, 0.25) is 0 Å². The molecule has 15 nitrogen and oxygen atoms in total. The van der Waals surface area contributed by atoms with Gasteiger partial charge in [0.1, 0.15) is 0 Å². The van der Waals surface area contributed by atoms with Gasteiger partial charge in [-0.25, -0.2) is 13.6 Å². The topological polar surface area (TPSA) is 186 Å². The van der Waals surface area contributed by atoms with Crippen LogP contribution in [0.25, 0.3) is 11.1 Å². The van der Waals surface area contributed by atoms with Gasteiger partial charge >= 0.3 is 19.3 Å². The molecule has 4 N–H and O–H groups in total. The highest BCUT2D eigenvalue weighted by molar-refractivity contribution is 14.1. The average Bonchev–Trinajstić information content (AvgIpc) is 1.38. The molecule has 0 saturated heterocycles. The van der Waals surface area contributed by atoms with Crippen molar-refractivity contribution in [3.8, 4) is 45.6 Å². The number of fused-ring (bicyclic) bond motifs is 3. The molecule has 23 heteroatoms. The first kappa shape index (κ1) is 75.4. The molecule has 526 valence electrons. The lowest BCUT2D eigenvalue weighted by molar-refractivity contribution is -0.137. The standard InChI is InChI=1S/C29H22F3NO3.C22H18INO3.C15H15NO2.C7H7BF2O2.C7H5IO2/c30-29(31,32)23-13-11-22(12-14-23)24-8-4-5-9-25(24)28(34)33(17-20-6-2-1-3-7-20)18-21-10-15-26-27(16-21)36-19-35-26;23-19-9-5-4-8-18(19)22(25)24(13-16-6-2-1-3-7-16)14-17-10-11-20-21(12-17)27-15-26-20;1-2-4-12(5-3-1)9-16-10-13-6-7-14-15(8-13)18-11-17-14;9-7(10)5-1-3-6(4-2-5)8(11)12;8-6-4-2-1-3-5(6)7(9)10/h1-16H,17-19H2;1-12H,13-15H2;1-8,16H,9-11H2;1-4,7,11-12H;1-4H,(H,9,10). The number of hydrogen-bond donors (Lipinski definition) is 4. The zero-order valence-corrected chi connectivity index (χ0v) is 59.3. The Bertz CT molecular complexity index is 4580. The van der Waals surface area contributed by atoms with Gasteiger partial charge in [-0.2, -0.15) is 13.2 Å². The number of carboxylic acids is 1. The van der Waals surface area contributed by atoms with Crippen LogP contribution in [-0.4, -0.2) is 70.2 Å². The summed E-state index contributed by atoms with van der Waals surface area (Å²) in [6.45, 7) is 4.13. The maximum atomic E-state index is 13.9. The van der Waals surface area contributed by atoms with Gasteiger partial charge in [-0.1, -0.05) is 188 Å². The molecule has 3 heterocycles. The van der Waals surface area contributed by atoms with E-state index in [0.717, 1.165) is 83.2 Å². The number of carbonyl (C=O) groups excluding carboxylic acids is 2. The lowest BCUT2D eigenvalue weighted by Gasteiger charge is -2.25. The van der Waals surface area contributed by atoms with Crippen LogP contribution in [-0.2, 0) is 45.4 Å². The van der Waals surface area contributed by atoms with E-state index in [0.29, 0.717) is 66.7 Å². The number of nitrogens with one attached hydrogen (secondary N) is 1. The molecular weight excluding hydrogens is 1550 g/mol. The first-order valence-electron chi connectivity index (χ1n) is 32.1. The minimum absolute atomic E-state index is 0.0153. The number of rotatable bonds is 18. The number of halogens is 7. The zero-order chi connectivity index (χ0) is 72.7. The fourth-order valence-corrected chi connectivity index (χ4v) is 11.9. The molecule has 3 aliphatic heterocycles. The van der Waals surface area contributed by atoms with E-state index in [9.17, 15) is 36.3 Å². The van der Waals surface area contributed by atoms with Crippen LogP contribution in [0.15, 0.2) is 267 Å². The smallest absolute Gasteiger partial charge is 0.478 e. The number of aromatic carboxylic acids is 1. The zero-order valence-electron chi connectivity index (χ0n) is 55.0. The van der Waals surface area contributed by atoms with Crippen molar-refractivity contribution < 1.29 is 79.9 Å². The molecule has 0 bridgehead atoms. The van der Waals surface area contributed by atoms with Crippen LogP contribution < -0.4 is 39.2 Å². The quantitative estimate of drug-likeness (QED) is 0.0362. The van der Waals surface area contributed by atoms with Gasteiger partial charge in [0, 0.05) is 57.5 Å². The molecule has 14 rings (SSSR count). The first-order valence-corrected chi connectivity index (χ1v) is 34.3. The van der Waals surface area contributed by atoms with Crippen molar-refractivity contribution in [2.45, 2.75) is 51.9 Å². The molecule has 0 spiro atoms. The van der Waals surface area contributed by atoms with Gasteiger partial charge in [-0.15, -0.1) is 0 Å². The van der Waals surface area contributed by atoms with Gasteiger partial charge < -0.3 is 58.7 Å². The summed E-state index contributed by atoms with van der Waals surface area (Å²) in [6.07, 6.45) is -6.94. The summed E-state index contributed by atoms with van der Waals surface area (Å²) in [5.74, 6) is 3.36. The van der Waals surface area contributed by atoms with Crippen LogP contribution in [0, 0.1) is 7.14 Å². The Morgan fingerprint density at radius 3 is 1.24 bits per heavy atom. The lowest BCUT2D eigenvalue weighted by Crippen LogP contribution is -2.30. The van der Waals surface area contributed by atoms with Gasteiger partial charge in [0.05, 0.1) is 16.7 Å². The molecule has 0 atom stereocenters. The summed E-state index contributed by atoms with van der Waals surface area (Å²) < 4.78 is 97.2. The third kappa shape index (κ3) is 21.9. The van der Waals surface area contributed by atoms with E-state index in [4.69, 9.17) is 43.6 Å². The van der Waals surface area contributed by atoms with Crippen molar-refractivity contribution in [1.29, 1.82) is 0 Å². The summed E-state index contributed by atoms with van der Waals surface area (Å²) in [6, 6.07) is 78.7. The number of amides is 2. The van der Waals surface area contributed by atoms with E-state index in [2.05, 4.69) is 58.2 Å². The second-order valence-electron chi connectivity index (χ2n) is 23.2. The Morgan fingerprint density at radius 1 is 0.427 bits per heavy atom. The van der Waals surface area contributed by atoms with Gasteiger partial charge in [0.25, 0.3) is 18.2 Å². The van der Waals surface area contributed by atoms with Crippen molar-refractivity contribution in [3.05, 3.63) is 335 Å². The van der Waals surface area contributed by atoms with E-state index in [-0.39, 0.29) is 36.4 Å². The third-order valence-corrected chi connectivity index (χ3v) is 17.8. The fourth-order valence-electron chi connectivity index (χ4n) is 10.7. The van der Waals surface area contributed by atoms with E-state index in [1.54, 1.807) is 47.4 Å². The number of carboxylic acid groups (broad SMARTS) is 1. The van der Waals surface area contributed by atoms with Gasteiger partial charge in [0.2, 0.25) is 20.4 Å². The minimum atomic E-state index is -4.43. The Morgan fingerprint density at radius 2 is 0.806 bits per heavy atom. The molecule has 0 radical (unpaired) electrons. The predicted octanol–water partition coefficient (Wildman–Crippen LogP) is 16.8. The molecule has 0 unspecified atom stereocenters. The highest BCUT2D eigenvalue weighted by atomic mass is 127. The van der Waals surface area contributed by atoms with E-state index < -0.39 is 31.3 Å². The van der Waals surface area contributed by atoms with Crippen molar-refractivity contribution in [2.75, 3.05) is 20.4 Å². The molecule has 2 amide bonds. The molecule has 0 aromatic heterocycles. The molecule has 11 aromatic carbocycles. The van der Waals surface area contributed by atoms with Crippen molar-refractivity contribution >= 4 is 75.5 Å².